The van der Waals surface area contributed by atoms with Crippen molar-refractivity contribution in [2.75, 3.05) is 40.1 Å². The Kier molecular flexibility index (Phi) is 6.79. The SMILES string of the molecule is COCCNCc1cccc(Br)c1OCC1CCOC1. The molecule has 1 heterocycles. The monoisotopic (exact) mass is 343 g/mol. The molecule has 1 N–H and O–H groups in total. The lowest BCUT2D eigenvalue weighted by Gasteiger charge is -2.16. The van der Waals surface area contributed by atoms with Gasteiger partial charge < -0.3 is 19.5 Å². The highest BCUT2D eigenvalue weighted by molar-refractivity contribution is 9.10. The highest BCUT2D eigenvalue weighted by atomic mass is 79.9. The number of hydrogen-bond acceptors (Lipinski definition) is 4. The number of nitrogens with one attached hydrogen (secondary N) is 1. The molecule has 0 bridgehead atoms. The smallest absolute Gasteiger partial charge is 0.137 e. The number of hydrogen-bond donors (Lipinski definition) is 1. The van der Waals surface area contributed by atoms with Crippen LogP contribution in [0, 0.1) is 5.92 Å². The predicted octanol–water partition coefficient (Wildman–Crippen LogP) is 2.60. The summed E-state index contributed by atoms with van der Waals surface area (Å²) in [6, 6.07) is 6.13. The van der Waals surface area contributed by atoms with Crippen LogP contribution in [0.4, 0.5) is 0 Å². The van der Waals surface area contributed by atoms with E-state index in [1.807, 2.05) is 12.1 Å². The minimum absolute atomic E-state index is 0.511. The summed E-state index contributed by atoms with van der Waals surface area (Å²) < 4.78 is 17.4. The summed E-state index contributed by atoms with van der Waals surface area (Å²) in [5.74, 6) is 1.45. The maximum atomic E-state index is 6.01. The van der Waals surface area contributed by atoms with Crippen molar-refractivity contribution in [2.45, 2.75) is 13.0 Å². The minimum Gasteiger partial charge on any atom is -0.492 e. The number of halogens is 1. The summed E-state index contributed by atoms with van der Waals surface area (Å²) in [5.41, 5.74) is 1.16. The van der Waals surface area contributed by atoms with Gasteiger partial charge in [-0.1, -0.05) is 12.1 Å². The Morgan fingerprint density at radius 3 is 3.10 bits per heavy atom. The summed E-state index contributed by atoms with van der Waals surface area (Å²) in [4.78, 5) is 0. The predicted molar refractivity (Wildman–Crippen MR) is 82.1 cm³/mol. The molecule has 1 unspecified atom stereocenters. The van der Waals surface area contributed by atoms with Gasteiger partial charge in [0.1, 0.15) is 5.75 Å². The van der Waals surface area contributed by atoms with Gasteiger partial charge in [0.05, 0.1) is 24.3 Å². The van der Waals surface area contributed by atoms with Crippen molar-refractivity contribution in [3.05, 3.63) is 28.2 Å². The van der Waals surface area contributed by atoms with Crippen LogP contribution < -0.4 is 10.1 Å². The Morgan fingerprint density at radius 1 is 1.45 bits per heavy atom. The standard InChI is InChI=1S/C15H22BrNO3/c1-18-8-6-17-9-13-3-2-4-14(16)15(13)20-11-12-5-7-19-10-12/h2-4,12,17H,5-11H2,1H3. The van der Waals surface area contributed by atoms with Crippen molar-refractivity contribution >= 4 is 15.9 Å². The van der Waals surface area contributed by atoms with Gasteiger partial charge >= 0.3 is 0 Å². The zero-order valence-electron chi connectivity index (χ0n) is 11.9. The molecule has 5 heteroatoms. The third kappa shape index (κ3) is 4.74. The molecule has 112 valence electrons. The van der Waals surface area contributed by atoms with Gasteiger partial charge in [0.25, 0.3) is 0 Å². The van der Waals surface area contributed by atoms with Crippen molar-refractivity contribution < 1.29 is 14.2 Å². The van der Waals surface area contributed by atoms with Gasteiger partial charge in [0, 0.05) is 38.3 Å². The van der Waals surface area contributed by atoms with Crippen LogP contribution in [0.2, 0.25) is 0 Å². The third-order valence-corrected chi connectivity index (χ3v) is 3.96. The molecule has 0 aromatic heterocycles. The number of rotatable bonds is 8. The van der Waals surface area contributed by atoms with Crippen molar-refractivity contribution in [2.24, 2.45) is 5.92 Å². The zero-order valence-corrected chi connectivity index (χ0v) is 13.4. The molecule has 0 aliphatic carbocycles. The van der Waals surface area contributed by atoms with Crippen LogP contribution >= 0.6 is 15.9 Å². The molecule has 0 saturated carbocycles. The minimum atomic E-state index is 0.511. The molecule has 1 aromatic carbocycles. The molecule has 0 amide bonds. The Labute approximate surface area is 128 Å². The van der Waals surface area contributed by atoms with Gasteiger partial charge in [-0.3, -0.25) is 0 Å². The van der Waals surface area contributed by atoms with Crippen molar-refractivity contribution in [3.8, 4) is 5.75 Å². The Bertz CT molecular complexity index is 408. The molecule has 0 radical (unpaired) electrons. The first-order valence-electron chi connectivity index (χ1n) is 6.99. The van der Waals surface area contributed by atoms with E-state index in [0.717, 1.165) is 48.5 Å². The molecule has 0 spiro atoms. The topological polar surface area (TPSA) is 39.7 Å². The summed E-state index contributed by atoms with van der Waals surface area (Å²) in [7, 11) is 1.71. The van der Waals surface area contributed by atoms with Crippen molar-refractivity contribution in [1.82, 2.24) is 5.32 Å². The van der Waals surface area contributed by atoms with Crippen LogP contribution in [0.1, 0.15) is 12.0 Å². The first-order valence-corrected chi connectivity index (χ1v) is 7.78. The summed E-state index contributed by atoms with van der Waals surface area (Å²) in [6.45, 7) is 4.71. The second-order valence-corrected chi connectivity index (χ2v) is 5.79. The van der Waals surface area contributed by atoms with Crippen LogP contribution in [-0.4, -0.2) is 40.1 Å². The first kappa shape index (κ1) is 15.8. The fourth-order valence-corrected chi connectivity index (χ4v) is 2.69. The highest BCUT2D eigenvalue weighted by Crippen LogP contribution is 2.30. The molecule has 1 saturated heterocycles. The maximum Gasteiger partial charge on any atom is 0.137 e. The average Bonchev–Trinajstić information content (AvgIpc) is 2.96. The van der Waals surface area contributed by atoms with Gasteiger partial charge in [0.2, 0.25) is 0 Å². The molecule has 4 nitrogen and oxygen atoms in total. The quantitative estimate of drug-likeness (QED) is 0.736. The normalized spacial score (nSPS) is 18.4. The third-order valence-electron chi connectivity index (χ3n) is 3.33. The van der Waals surface area contributed by atoms with Gasteiger partial charge in [-0.05, 0) is 28.4 Å². The van der Waals surface area contributed by atoms with E-state index in [2.05, 4.69) is 27.3 Å². The van der Waals surface area contributed by atoms with Crippen LogP contribution in [0.25, 0.3) is 0 Å². The summed E-state index contributed by atoms with van der Waals surface area (Å²) in [5, 5.41) is 3.35. The van der Waals surface area contributed by atoms with Crippen LogP contribution in [-0.2, 0) is 16.0 Å². The fraction of sp³-hybridized carbons (Fsp3) is 0.600. The van der Waals surface area contributed by atoms with Gasteiger partial charge in [0.15, 0.2) is 0 Å². The van der Waals surface area contributed by atoms with E-state index < -0.39 is 0 Å². The van der Waals surface area contributed by atoms with Crippen molar-refractivity contribution in [3.63, 3.8) is 0 Å². The molecule has 2 rings (SSSR count). The van der Waals surface area contributed by atoms with E-state index in [-0.39, 0.29) is 0 Å². The maximum absolute atomic E-state index is 6.01. The van der Waals surface area contributed by atoms with E-state index in [9.17, 15) is 0 Å². The second-order valence-electron chi connectivity index (χ2n) is 4.94. The van der Waals surface area contributed by atoms with Crippen LogP contribution in [0.3, 0.4) is 0 Å². The Hall–Kier alpha value is -0.620. The number of para-hydroxylation sites is 1. The lowest BCUT2D eigenvalue weighted by Crippen LogP contribution is -2.20. The lowest BCUT2D eigenvalue weighted by atomic mass is 10.1. The first-order chi connectivity index (χ1) is 9.81. The molecular formula is C15H22BrNO3. The van der Waals surface area contributed by atoms with Gasteiger partial charge in [-0.2, -0.15) is 0 Å². The fourth-order valence-electron chi connectivity index (χ4n) is 2.17. The molecular weight excluding hydrogens is 322 g/mol. The second kappa shape index (κ2) is 8.62. The van der Waals surface area contributed by atoms with E-state index >= 15 is 0 Å². The van der Waals surface area contributed by atoms with Crippen molar-refractivity contribution in [1.29, 1.82) is 0 Å². The van der Waals surface area contributed by atoms with E-state index in [1.165, 1.54) is 0 Å². The van der Waals surface area contributed by atoms with Crippen LogP contribution in [0.5, 0.6) is 5.75 Å². The Morgan fingerprint density at radius 2 is 2.35 bits per heavy atom. The lowest BCUT2D eigenvalue weighted by molar-refractivity contribution is 0.166. The number of methoxy groups -OCH3 is 1. The molecule has 1 fully saturated rings. The molecule has 1 aliphatic rings. The van der Waals surface area contributed by atoms with E-state index in [1.54, 1.807) is 7.11 Å². The number of benzene rings is 1. The zero-order chi connectivity index (χ0) is 14.2. The molecule has 1 aromatic rings. The van der Waals surface area contributed by atoms with Gasteiger partial charge in [-0.25, -0.2) is 0 Å². The highest BCUT2D eigenvalue weighted by Gasteiger charge is 2.17. The average molecular weight is 344 g/mol. The van der Waals surface area contributed by atoms with E-state index in [4.69, 9.17) is 14.2 Å². The molecule has 1 aliphatic heterocycles. The summed E-state index contributed by atoms with van der Waals surface area (Å²) >= 11 is 3.57. The largest absolute Gasteiger partial charge is 0.492 e. The molecule has 20 heavy (non-hydrogen) atoms. The Balaban J connectivity index is 1.90. The van der Waals surface area contributed by atoms with Gasteiger partial charge in [-0.15, -0.1) is 0 Å². The van der Waals surface area contributed by atoms with E-state index in [0.29, 0.717) is 19.1 Å². The number of ether oxygens (including phenoxy) is 3. The summed E-state index contributed by atoms with van der Waals surface area (Å²) in [6.07, 6.45) is 1.09. The molecule has 1 atom stereocenters. The van der Waals surface area contributed by atoms with Crippen LogP contribution in [0.15, 0.2) is 22.7 Å².